The molecule has 0 amide bonds. The van der Waals surface area contributed by atoms with E-state index in [0.717, 1.165) is 44.6 Å². The minimum Gasteiger partial charge on any atom is -0.462 e. The molecule has 1 aliphatic heterocycles. The highest BCUT2D eigenvalue weighted by atomic mass is 16.5. The summed E-state index contributed by atoms with van der Waals surface area (Å²) in [7, 11) is 4.02. The lowest BCUT2D eigenvalue weighted by Crippen LogP contribution is -2.40. The van der Waals surface area contributed by atoms with E-state index in [2.05, 4.69) is 11.5 Å². The van der Waals surface area contributed by atoms with Gasteiger partial charge in [-0.15, -0.1) is 0 Å². The van der Waals surface area contributed by atoms with Gasteiger partial charge in [0.2, 0.25) is 0 Å². The van der Waals surface area contributed by atoms with Gasteiger partial charge in [0.15, 0.2) is 0 Å². The van der Waals surface area contributed by atoms with E-state index < -0.39 is 0 Å². The number of likely N-dealkylation sites (tertiary alicyclic amines) is 1. The van der Waals surface area contributed by atoms with Crippen molar-refractivity contribution in [3.63, 3.8) is 0 Å². The average molecular weight is 280 g/mol. The number of carbonyl (C=O) groups excluding carboxylic acids is 1. The minimum absolute atomic E-state index is 0.0505. The lowest BCUT2D eigenvalue weighted by molar-refractivity contribution is -0.157. The maximum Gasteiger partial charge on any atom is 0.309 e. The van der Waals surface area contributed by atoms with Gasteiger partial charge in [0.25, 0.3) is 0 Å². The van der Waals surface area contributed by atoms with Crippen molar-refractivity contribution < 1.29 is 9.53 Å². The van der Waals surface area contributed by atoms with Crippen LogP contribution in [0.2, 0.25) is 0 Å². The summed E-state index contributed by atoms with van der Waals surface area (Å²) in [5.74, 6) is 1.26. The van der Waals surface area contributed by atoms with Crippen molar-refractivity contribution in [3.05, 3.63) is 12.4 Å². The normalized spacial score (nSPS) is 21.6. The van der Waals surface area contributed by atoms with Crippen molar-refractivity contribution in [3.8, 4) is 0 Å². The molecule has 1 saturated heterocycles. The number of carbonyl (C=O) groups is 1. The molecule has 2 fully saturated rings. The Morgan fingerprint density at radius 3 is 2.25 bits per heavy atom. The molecule has 0 aromatic rings. The number of hydrogen-bond donors (Lipinski definition) is 0. The molecule has 4 heteroatoms. The molecule has 1 aliphatic carbocycles. The molecule has 0 aromatic heterocycles. The maximum atomic E-state index is 12.1. The molecule has 0 spiro atoms. The SMILES string of the molecule is C=C(N(C)C)N1CCC(OC(=O)C2CCCCC2)CC1. The fourth-order valence-electron chi connectivity index (χ4n) is 3.11. The Morgan fingerprint density at radius 2 is 1.70 bits per heavy atom. The molecule has 0 aromatic carbocycles. The molecule has 2 aliphatic rings. The first-order chi connectivity index (χ1) is 9.58. The van der Waals surface area contributed by atoms with Crippen LogP contribution in [0.4, 0.5) is 0 Å². The summed E-state index contributed by atoms with van der Waals surface area (Å²) in [6.45, 7) is 5.94. The fraction of sp³-hybridized carbons (Fsp3) is 0.812. The van der Waals surface area contributed by atoms with Crippen LogP contribution in [0.3, 0.4) is 0 Å². The molecule has 0 bridgehead atoms. The van der Waals surface area contributed by atoms with Gasteiger partial charge >= 0.3 is 5.97 Å². The van der Waals surface area contributed by atoms with E-state index >= 15 is 0 Å². The second kappa shape index (κ2) is 7.00. The Hall–Kier alpha value is -1.19. The summed E-state index contributed by atoms with van der Waals surface area (Å²) >= 11 is 0. The topological polar surface area (TPSA) is 32.8 Å². The van der Waals surface area contributed by atoms with Gasteiger partial charge in [-0.3, -0.25) is 4.79 Å². The lowest BCUT2D eigenvalue weighted by atomic mass is 9.89. The van der Waals surface area contributed by atoms with Crippen LogP contribution in [0.1, 0.15) is 44.9 Å². The van der Waals surface area contributed by atoms with E-state index in [1.165, 1.54) is 19.3 Å². The summed E-state index contributed by atoms with van der Waals surface area (Å²) in [5, 5.41) is 0. The van der Waals surface area contributed by atoms with Crippen LogP contribution in [0.15, 0.2) is 12.4 Å². The van der Waals surface area contributed by atoms with Gasteiger partial charge in [-0.05, 0) is 12.8 Å². The minimum atomic E-state index is 0.0505. The predicted octanol–water partition coefficient (Wildman–Crippen LogP) is 2.61. The number of nitrogens with zero attached hydrogens (tertiary/aromatic N) is 2. The van der Waals surface area contributed by atoms with Crippen molar-refractivity contribution in [1.82, 2.24) is 9.80 Å². The highest BCUT2D eigenvalue weighted by molar-refractivity contribution is 5.72. The molecule has 1 heterocycles. The second-order valence-corrected chi connectivity index (χ2v) is 6.27. The van der Waals surface area contributed by atoms with E-state index in [1.54, 1.807) is 0 Å². The third-order valence-electron chi connectivity index (χ3n) is 4.54. The molecule has 0 N–H and O–H groups in total. The summed E-state index contributed by atoms with van der Waals surface area (Å²) in [6.07, 6.45) is 7.63. The first-order valence-corrected chi connectivity index (χ1v) is 7.89. The third-order valence-corrected chi connectivity index (χ3v) is 4.54. The number of esters is 1. The molecule has 1 saturated carbocycles. The van der Waals surface area contributed by atoms with E-state index in [4.69, 9.17) is 4.74 Å². The van der Waals surface area contributed by atoms with E-state index in [0.29, 0.717) is 0 Å². The van der Waals surface area contributed by atoms with E-state index in [9.17, 15) is 4.79 Å². The first kappa shape index (κ1) is 15.2. The van der Waals surface area contributed by atoms with Crippen LogP contribution in [-0.4, -0.2) is 49.1 Å². The Bertz CT molecular complexity index is 340. The van der Waals surface area contributed by atoms with Crippen LogP contribution < -0.4 is 0 Å². The average Bonchev–Trinajstić information content (AvgIpc) is 2.48. The molecule has 114 valence electrons. The highest BCUT2D eigenvalue weighted by Crippen LogP contribution is 2.26. The van der Waals surface area contributed by atoms with Gasteiger partial charge < -0.3 is 14.5 Å². The zero-order valence-electron chi connectivity index (χ0n) is 12.9. The second-order valence-electron chi connectivity index (χ2n) is 6.27. The molecule has 20 heavy (non-hydrogen) atoms. The Kier molecular flexibility index (Phi) is 5.32. The molecular weight excluding hydrogens is 252 g/mol. The fourth-order valence-corrected chi connectivity index (χ4v) is 3.11. The zero-order chi connectivity index (χ0) is 14.5. The molecule has 0 atom stereocenters. The molecular formula is C16H28N2O2. The summed E-state index contributed by atoms with van der Waals surface area (Å²) in [6, 6.07) is 0. The maximum absolute atomic E-state index is 12.1. The van der Waals surface area contributed by atoms with Crippen LogP contribution in [0, 0.1) is 5.92 Å². The van der Waals surface area contributed by atoms with Crippen LogP contribution in [-0.2, 0) is 9.53 Å². The summed E-state index contributed by atoms with van der Waals surface area (Å²) in [5.41, 5.74) is 0. The third kappa shape index (κ3) is 3.90. The van der Waals surface area contributed by atoms with Gasteiger partial charge in [0, 0.05) is 40.0 Å². The summed E-state index contributed by atoms with van der Waals surface area (Å²) < 4.78 is 5.71. The van der Waals surface area contributed by atoms with Gasteiger partial charge in [0.05, 0.1) is 11.7 Å². The molecule has 0 radical (unpaired) electrons. The van der Waals surface area contributed by atoms with Crippen LogP contribution in [0.5, 0.6) is 0 Å². The predicted molar refractivity (Wildman–Crippen MR) is 80.1 cm³/mol. The lowest BCUT2D eigenvalue weighted by Gasteiger charge is -2.37. The van der Waals surface area contributed by atoms with Gasteiger partial charge in [-0.1, -0.05) is 25.8 Å². The van der Waals surface area contributed by atoms with Crippen molar-refractivity contribution >= 4 is 5.97 Å². The number of rotatable bonds is 4. The standard InChI is InChI=1S/C16H28N2O2/c1-13(17(2)3)18-11-9-15(10-12-18)20-16(19)14-7-5-4-6-8-14/h14-15H,1,4-12H2,2-3H3. The van der Waals surface area contributed by atoms with Gasteiger partial charge in [-0.2, -0.15) is 0 Å². The Labute approximate surface area is 122 Å². The summed E-state index contributed by atoms with van der Waals surface area (Å²) in [4.78, 5) is 16.4. The largest absolute Gasteiger partial charge is 0.462 e. The van der Waals surface area contributed by atoms with E-state index in [1.807, 2.05) is 19.0 Å². The van der Waals surface area contributed by atoms with Crippen molar-refractivity contribution in [2.24, 2.45) is 5.92 Å². The quantitative estimate of drug-likeness (QED) is 0.741. The van der Waals surface area contributed by atoms with Crippen LogP contribution >= 0.6 is 0 Å². The van der Waals surface area contributed by atoms with Crippen molar-refractivity contribution in [1.29, 1.82) is 0 Å². The number of piperidine rings is 1. The number of ether oxygens (including phenoxy) is 1. The van der Waals surface area contributed by atoms with E-state index in [-0.39, 0.29) is 18.0 Å². The van der Waals surface area contributed by atoms with Crippen molar-refractivity contribution in [2.45, 2.75) is 51.0 Å². The smallest absolute Gasteiger partial charge is 0.309 e. The zero-order valence-corrected chi connectivity index (χ0v) is 12.9. The van der Waals surface area contributed by atoms with Gasteiger partial charge in [-0.25, -0.2) is 0 Å². The molecule has 4 nitrogen and oxygen atoms in total. The molecule has 0 unspecified atom stereocenters. The first-order valence-electron chi connectivity index (χ1n) is 7.89. The highest BCUT2D eigenvalue weighted by Gasteiger charge is 2.28. The van der Waals surface area contributed by atoms with Gasteiger partial charge in [0.1, 0.15) is 6.10 Å². The Morgan fingerprint density at radius 1 is 1.10 bits per heavy atom. The monoisotopic (exact) mass is 280 g/mol. The van der Waals surface area contributed by atoms with Crippen LogP contribution in [0.25, 0.3) is 0 Å². The molecule has 2 rings (SSSR count). The number of hydrogen-bond acceptors (Lipinski definition) is 4. The Balaban J connectivity index is 1.73. The van der Waals surface area contributed by atoms with Crippen molar-refractivity contribution in [2.75, 3.05) is 27.2 Å².